The third-order valence-electron chi connectivity index (χ3n) is 1.33. The molecule has 0 amide bonds. The molecular weight excluding hydrogens is 219 g/mol. The first kappa shape index (κ1) is 14.3. The molecule has 0 radical (unpaired) electrons. The van der Waals surface area contributed by atoms with Crippen LogP contribution in [-0.4, -0.2) is 15.3 Å². The van der Waals surface area contributed by atoms with Crippen molar-refractivity contribution < 1.29 is 15.3 Å². The van der Waals surface area contributed by atoms with Crippen molar-refractivity contribution in [2.24, 2.45) is 0 Å². The Morgan fingerprint density at radius 3 is 1.85 bits per heavy atom. The van der Waals surface area contributed by atoms with Gasteiger partial charge >= 0.3 is 0 Å². The van der Waals surface area contributed by atoms with Gasteiger partial charge in [-0.25, -0.2) is 0 Å². The molecule has 76 valence electrons. The maximum Gasteiger partial charge on any atom is 0.202 e. The zero-order valence-corrected chi connectivity index (χ0v) is 8.02. The van der Waals surface area contributed by atoms with Crippen molar-refractivity contribution in [3.05, 3.63) is 6.07 Å². The molecule has 0 atom stereocenters. The summed E-state index contributed by atoms with van der Waals surface area (Å²) >= 11 is 0. The number of halogens is 2. The Bertz CT molecular complexity index is 280. The van der Waals surface area contributed by atoms with Gasteiger partial charge < -0.3 is 26.8 Å². The van der Waals surface area contributed by atoms with Gasteiger partial charge in [-0.1, -0.05) is 0 Å². The molecule has 0 bridgehead atoms. The lowest BCUT2D eigenvalue weighted by molar-refractivity contribution is 0.369. The molecule has 0 aliphatic rings. The van der Waals surface area contributed by atoms with Gasteiger partial charge in [0.25, 0.3) is 0 Å². The number of hydrogen-bond donors (Lipinski definition) is 5. The quantitative estimate of drug-likeness (QED) is 0.256. The molecule has 1 rings (SSSR count). The minimum Gasteiger partial charge on any atom is -0.504 e. The lowest BCUT2D eigenvalue weighted by Gasteiger charge is -2.05. The normalized spacial score (nSPS) is 8.31. The molecule has 13 heavy (non-hydrogen) atoms. The summed E-state index contributed by atoms with van der Waals surface area (Å²) < 4.78 is 0. The molecule has 0 fully saturated rings. The van der Waals surface area contributed by atoms with E-state index in [2.05, 4.69) is 0 Å². The molecule has 0 unspecified atom stereocenters. The predicted octanol–water partition coefficient (Wildman–Crippen LogP) is 0.811. The molecular formula is C6H10Cl2N2O3. The number of rotatable bonds is 0. The van der Waals surface area contributed by atoms with Crippen LogP contribution in [-0.2, 0) is 0 Å². The predicted molar refractivity (Wildman–Crippen MR) is 54.8 cm³/mol. The largest absolute Gasteiger partial charge is 0.504 e. The average molecular weight is 229 g/mol. The lowest BCUT2D eigenvalue weighted by atomic mass is 10.2. The van der Waals surface area contributed by atoms with E-state index in [0.717, 1.165) is 6.07 Å². The van der Waals surface area contributed by atoms with E-state index < -0.39 is 17.2 Å². The third-order valence-corrected chi connectivity index (χ3v) is 1.33. The van der Waals surface area contributed by atoms with Crippen LogP contribution in [0.3, 0.4) is 0 Å². The molecule has 0 aliphatic heterocycles. The van der Waals surface area contributed by atoms with Crippen molar-refractivity contribution in [3.63, 3.8) is 0 Å². The minimum atomic E-state index is -0.656. The van der Waals surface area contributed by atoms with Crippen LogP contribution in [0.4, 0.5) is 11.4 Å². The zero-order valence-electron chi connectivity index (χ0n) is 6.39. The Hall–Kier alpha value is -1.20. The molecule has 5 nitrogen and oxygen atoms in total. The summed E-state index contributed by atoms with van der Waals surface area (Å²) in [7, 11) is 0. The van der Waals surface area contributed by atoms with Crippen molar-refractivity contribution in [2.45, 2.75) is 0 Å². The second kappa shape index (κ2) is 4.74. The van der Waals surface area contributed by atoms with E-state index in [1.165, 1.54) is 0 Å². The van der Waals surface area contributed by atoms with Crippen molar-refractivity contribution >= 4 is 36.2 Å². The van der Waals surface area contributed by atoms with Crippen molar-refractivity contribution in [1.29, 1.82) is 0 Å². The van der Waals surface area contributed by atoms with Gasteiger partial charge in [-0.3, -0.25) is 0 Å². The fourth-order valence-corrected chi connectivity index (χ4v) is 0.679. The van der Waals surface area contributed by atoms with E-state index in [1.807, 2.05) is 0 Å². The Kier molecular flexibility index (Phi) is 5.22. The van der Waals surface area contributed by atoms with Crippen molar-refractivity contribution in [3.8, 4) is 17.2 Å². The number of nitrogen functional groups attached to an aromatic ring is 2. The van der Waals surface area contributed by atoms with Crippen LogP contribution in [0.5, 0.6) is 17.2 Å². The van der Waals surface area contributed by atoms with Crippen LogP contribution in [0.2, 0.25) is 0 Å². The summed E-state index contributed by atoms with van der Waals surface area (Å²) in [6.45, 7) is 0. The van der Waals surface area contributed by atoms with Gasteiger partial charge in [0.05, 0.1) is 5.69 Å². The molecule has 0 aliphatic carbocycles. The highest BCUT2D eigenvalue weighted by atomic mass is 35.5. The molecule has 0 saturated heterocycles. The minimum absolute atomic E-state index is 0. The van der Waals surface area contributed by atoms with Gasteiger partial charge in [-0.15, -0.1) is 24.8 Å². The first-order valence-electron chi connectivity index (χ1n) is 2.83. The monoisotopic (exact) mass is 228 g/mol. The van der Waals surface area contributed by atoms with Gasteiger partial charge in [0, 0.05) is 6.07 Å². The highest BCUT2D eigenvalue weighted by Crippen LogP contribution is 2.42. The maximum atomic E-state index is 8.95. The number of benzene rings is 1. The molecule has 7 heteroatoms. The number of phenols is 3. The third kappa shape index (κ3) is 2.37. The van der Waals surface area contributed by atoms with Crippen LogP contribution >= 0.6 is 24.8 Å². The first-order valence-corrected chi connectivity index (χ1v) is 2.83. The van der Waals surface area contributed by atoms with E-state index in [1.54, 1.807) is 0 Å². The Morgan fingerprint density at radius 2 is 1.38 bits per heavy atom. The van der Waals surface area contributed by atoms with Gasteiger partial charge in [0.15, 0.2) is 11.5 Å². The molecule has 0 aromatic heterocycles. The van der Waals surface area contributed by atoms with Gasteiger partial charge in [0.1, 0.15) is 5.69 Å². The molecule has 7 N–H and O–H groups in total. The standard InChI is InChI=1S/C6H8N2O3.2ClH/c7-2-1-3(9)5(10)6(11)4(2)8;;/h1,9-11H,7-8H2;2*1H. The van der Waals surface area contributed by atoms with Crippen LogP contribution in [0.25, 0.3) is 0 Å². The van der Waals surface area contributed by atoms with Gasteiger partial charge in [-0.2, -0.15) is 0 Å². The second-order valence-electron chi connectivity index (χ2n) is 2.10. The van der Waals surface area contributed by atoms with Crippen LogP contribution in [0.15, 0.2) is 6.07 Å². The molecule has 0 heterocycles. The summed E-state index contributed by atoms with van der Waals surface area (Å²) in [5, 5.41) is 26.7. The van der Waals surface area contributed by atoms with Crippen LogP contribution in [0.1, 0.15) is 0 Å². The SMILES string of the molecule is Cl.Cl.Nc1cc(O)c(O)c(O)c1N. The van der Waals surface area contributed by atoms with Crippen molar-refractivity contribution in [1.82, 2.24) is 0 Å². The Balaban J connectivity index is 0. The molecule has 0 saturated carbocycles. The second-order valence-corrected chi connectivity index (χ2v) is 2.10. The van der Waals surface area contributed by atoms with E-state index in [4.69, 9.17) is 26.8 Å². The summed E-state index contributed by atoms with van der Waals surface area (Å²) in [6, 6.07) is 1.06. The first-order chi connectivity index (χ1) is 5.04. The van der Waals surface area contributed by atoms with E-state index in [9.17, 15) is 0 Å². The molecule has 0 spiro atoms. The fourth-order valence-electron chi connectivity index (χ4n) is 0.679. The summed E-state index contributed by atoms with van der Waals surface area (Å²) in [6.07, 6.45) is 0. The number of phenolic OH excluding ortho intramolecular Hbond substituents is 3. The summed E-state index contributed by atoms with van der Waals surface area (Å²) in [5.41, 5.74) is 10.3. The number of aromatic hydroxyl groups is 3. The van der Waals surface area contributed by atoms with E-state index in [-0.39, 0.29) is 36.2 Å². The number of hydrogen-bond acceptors (Lipinski definition) is 5. The maximum absolute atomic E-state index is 8.95. The van der Waals surface area contributed by atoms with Gasteiger partial charge in [0.2, 0.25) is 5.75 Å². The smallest absolute Gasteiger partial charge is 0.202 e. The molecule has 1 aromatic rings. The topological polar surface area (TPSA) is 113 Å². The zero-order chi connectivity index (χ0) is 8.59. The van der Waals surface area contributed by atoms with Crippen LogP contribution in [0, 0.1) is 0 Å². The van der Waals surface area contributed by atoms with Crippen molar-refractivity contribution in [2.75, 3.05) is 11.5 Å². The number of nitrogens with two attached hydrogens (primary N) is 2. The summed E-state index contributed by atoms with van der Waals surface area (Å²) in [5.74, 6) is -1.74. The number of anilines is 2. The highest BCUT2D eigenvalue weighted by Gasteiger charge is 2.11. The Labute approximate surface area is 86.8 Å². The Morgan fingerprint density at radius 1 is 0.923 bits per heavy atom. The molecule has 1 aromatic carbocycles. The van der Waals surface area contributed by atoms with E-state index in [0.29, 0.717) is 0 Å². The fraction of sp³-hybridized carbons (Fsp3) is 0. The summed E-state index contributed by atoms with van der Waals surface area (Å²) in [4.78, 5) is 0. The lowest BCUT2D eigenvalue weighted by Crippen LogP contribution is -1.94. The van der Waals surface area contributed by atoms with Crippen LogP contribution < -0.4 is 11.5 Å². The average Bonchev–Trinajstić information content (AvgIpc) is 1.97. The highest BCUT2D eigenvalue weighted by molar-refractivity contribution is 5.85. The van der Waals surface area contributed by atoms with Gasteiger partial charge in [-0.05, 0) is 0 Å². The van der Waals surface area contributed by atoms with E-state index >= 15 is 0 Å².